The van der Waals surface area contributed by atoms with Gasteiger partial charge in [0.2, 0.25) is 5.91 Å². The van der Waals surface area contributed by atoms with E-state index < -0.39 is 0 Å². The van der Waals surface area contributed by atoms with Gasteiger partial charge in [-0.05, 0) is 37.4 Å². The third-order valence-corrected chi connectivity index (χ3v) is 4.77. The van der Waals surface area contributed by atoms with Gasteiger partial charge in [0.15, 0.2) is 6.79 Å². The van der Waals surface area contributed by atoms with Crippen molar-refractivity contribution in [3.63, 3.8) is 0 Å². The zero-order valence-electron chi connectivity index (χ0n) is 14.0. The molecular formula is C18H17Cl3N2O3. The van der Waals surface area contributed by atoms with Gasteiger partial charge >= 0.3 is 0 Å². The summed E-state index contributed by atoms with van der Waals surface area (Å²) in [5.41, 5.74) is 2.42. The third kappa shape index (κ3) is 4.81. The molecule has 0 unspecified atom stereocenters. The predicted molar refractivity (Wildman–Crippen MR) is 103 cm³/mol. The van der Waals surface area contributed by atoms with Gasteiger partial charge in [-0.3, -0.25) is 9.69 Å². The van der Waals surface area contributed by atoms with E-state index in [9.17, 15) is 4.79 Å². The first-order valence-corrected chi connectivity index (χ1v) is 9.01. The predicted octanol–water partition coefficient (Wildman–Crippen LogP) is 4.58. The molecule has 8 heteroatoms. The minimum Gasteiger partial charge on any atom is -0.467 e. The van der Waals surface area contributed by atoms with E-state index in [4.69, 9.17) is 44.3 Å². The Morgan fingerprint density at radius 1 is 1.19 bits per heavy atom. The fourth-order valence-corrected chi connectivity index (χ4v) is 3.30. The van der Waals surface area contributed by atoms with Crippen molar-refractivity contribution in [1.82, 2.24) is 4.90 Å². The number of nitrogens with one attached hydrogen (secondary N) is 1. The van der Waals surface area contributed by atoms with Crippen LogP contribution in [0.1, 0.15) is 11.1 Å². The number of nitrogens with zero attached hydrogens (tertiary/aromatic N) is 1. The highest BCUT2D eigenvalue weighted by molar-refractivity contribution is 6.42. The first-order valence-electron chi connectivity index (χ1n) is 7.87. The molecule has 0 aromatic heterocycles. The maximum Gasteiger partial charge on any atom is 0.238 e. The molecule has 2 aromatic rings. The highest BCUT2D eigenvalue weighted by atomic mass is 35.5. The van der Waals surface area contributed by atoms with Gasteiger partial charge in [-0.25, -0.2) is 0 Å². The summed E-state index contributed by atoms with van der Waals surface area (Å²) >= 11 is 18.0. The summed E-state index contributed by atoms with van der Waals surface area (Å²) in [6.45, 7) is 1.38. The average Bonchev–Trinajstić information content (AvgIpc) is 2.57. The molecular weight excluding hydrogens is 399 g/mol. The number of hydrogen-bond acceptors (Lipinski definition) is 4. The van der Waals surface area contributed by atoms with E-state index in [1.54, 1.807) is 18.2 Å². The van der Waals surface area contributed by atoms with E-state index in [2.05, 4.69) is 5.32 Å². The number of amides is 1. The summed E-state index contributed by atoms with van der Waals surface area (Å²) in [5, 5.41) is 4.24. The fourth-order valence-electron chi connectivity index (χ4n) is 2.74. The molecule has 3 rings (SSSR count). The van der Waals surface area contributed by atoms with E-state index in [0.29, 0.717) is 33.9 Å². The lowest BCUT2D eigenvalue weighted by Gasteiger charge is -2.23. The zero-order valence-corrected chi connectivity index (χ0v) is 16.3. The number of fused-ring (bicyclic) bond motifs is 1. The van der Waals surface area contributed by atoms with Crippen molar-refractivity contribution >= 4 is 46.4 Å². The van der Waals surface area contributed by atoms with E-state index in [1.165, 1.54) is 0 Å². The van der Waals surface area contributed by atoms with Gasteiger partial charge in [0.05, 0.1) is 23.2 Å². The van der Waals surface area contributed by atoms with Crippen molar-refractivity contribution in [2.24, 2.45) is 0 Å². The van der Waals surface area contributed by atoms with Gasteiger partial charge in [-0.15, -0.1) is 0 Å². The molecule has 138 valence electrons. The third-order valence-electron chi connectivity index (χ3n) is 3.81. The summed E-state index contributed by atoms with van der Waals surface area (Å²) < 4.78 is 10.9. The second-order valence-electron chi connectivity index (χ2n) is 6.01. The normalized spacial score (nSPS) is 13.3. The highest BCUT2D eigenvalue weighted by Crippen LogP contribution is 2.32. The summed E-state index contributed by atoms with van der Waals surface area (Å²) in [5.74, 6) is 0.614. The number of anilines is 1. The number of likely N-dealkylation sites (N-methyl/N-ethyl adjacent to an activating group) is 1. The van der Waals surface area contributed by atoms with Crippen LogP contribution < -0.4 is 10.1 Å². The van der Waals surface area contributed by atoms with Crippen LogP contribution in [0.4, 0.5) is 5.69 Å². The zero-order chi connectivity index (χ0) is 18.7. The van der Waals surface area contributed by atoms with Crippen LogP contribution in [-0.2, 0) is 22.7 Å². The minimum atomic E-state index is -0.161. The standard InChI is InChI=1S/C18H17Cl3N2O3/c1-23(8-17(24)22-14-2-3-15(20)16(21)6-14)7-11-4-13(19)5-12-9-25-10-26-18(11)12/h2-6H,7-10H2,1H3,(H,22,24). The molecule has 5 nitrogen and oxygen atoms in total. The molecule has 1 aliphatic heterocycles. The Morgan fingerprint density at radius 3 is 2.77 bits per heavy atom. The Bertz CT molecular complexity index is 830. The Kier molecular flexibility index (Phi) is 6.27. The molecule has 0 saturated heterocycles. The number of halogens is 3. The van der Waals surface area contributed by atoms with Gasteiger partial charge in [-0.2, -0.15) is 0 Å². The largest absolute Gasteiger partial charge is 0.467 e. The molecule has 0 fully saturated rings. The molecule has 0 bridgehead atoms. The van der Waals surface area contributed by atoms with E-state index >= 15 is 0 Å². The maximum atomic E-state index is 12.3. The monoisotopic (exact) mass is 414 g/mol. The molecule has 0 atom stereocenters. The Labute approximate surface area is 166 Å². The van der Waals surface area contributed by atoms with Crippen LogP contribution in [0.25, 0.3) is 0 Å². The molecule has 0 radical (unpaired) electrons. The number of ether oxygens (including phenoxy) is 2. The average molecular weight is 416 g/mol. The topological polar surface area (TPSA) is 50.8 Å². The lowest BCUT2D eigenvalue weighted by molar-refractivity contribution is -0.117. The molecule has 1 amide bonds. The van der Waals surface area contributed by atoms with Crippen LogP contribution in [0.2, 0.25) is 15.1 Å². The Morgan fingerprint density at radius 2 is 2.00 bits per heavy atom. The van der Waals surface area contributed by atoms with E-state index in [1.807, 2.05) is 24.1 Å². The van der Waals surface area contributed by atoms with E-state index in [-0.39, 0.29) is 19.2 Å². The molecule has 26 heavy (non-hydrogen) atoms. The smallest absolute Gasteiger partial charge is 0.238 e. The molecule has 0 spiro atoms. The number of carbonyl (C=O) groups excluding carboxylic acids is 1. The number of rotatable bonds is 5. The first-order chi connectivity index (χ1) is 12.4. The highest BCUT2D eigenvalue weighted by Gasteiger charge is 2.18. The Balaban J connectivity index is 1.63. The van der Waals surface area contributed by atoms with Gasteiger partial charge < -0.3 is 14.8 Å². The van der Waals surface area contributed by atoms with Gasteiger partial charge in [0.1, 0.15) is 5.75 Å². The van der Waals surface area contributed by atoms with Gasteiger partial charge in [0.25, 0.3) is 0 Å². The van der Waals surface area contributed by atoms with Crippen molar-refractivity contribution in [1.29, 1.82) is 0 Å². The summed E-state index contributed by atoms with van der Waals surface area (Å²) in [4.78, 5) is 14.1. The molecule has 1 N–H and O–H groups in total. The van der Waals surface area contributed by atoms with Crippen LogP contribution in [-0.4, -0.2) is 31.2 Å². The maximum absolute atomic E-state index is 12.3. The first kappa shape index (κ1) is 19.3. The summed E-state index contributed by atoms with van der Waals surface area (Å²) in [7, 11) is 1.85. The van der Waals surface area contributed by atoms with Crippen molar-refractivity contribution in [2.45, 2.75) is 13.2 Å². The summed E-state index contributed by atoms with van der Waals surface area (Å²) in [6, 6.07) is 8.63. The van der Waals surface area contributed by atoms with Crippen molar-refractivity contribution in [3.8, 4) is 5.75 Å². The summed E-state index contributed by atoms with van der Waals surface area (Å²) in [6.07, 6.45) is 0. The second kappa shape index (κ2) is 8.46. The molecule has 1 aliphatic rings. The van der Waals surface area contributed by atoms with Gasteiger partial charge in [0, 0.05) is 28.4 Å². The van der Waals surface area contributed by atoms with Crippen LogP contribution in [0, 0.1) is 0 Å². The second-order valence-corrected chi connectivity index (χ2v) is 7.26. The van der Waals surface area contributed by atoms with Gasteiger partial charge in [-0.1, -0.05) is 34.8 Å². The van der Waals surface area contributed by atoms with Crippen molar-refractivity contribution < 1.29 is 14.3 Å². The van der Waals surface area contributed by atoms with Crippen LogP contribution in [0.5, 0.6) is 5.75 Å². The lowest BCUT2D eigenvalue weighted by Crippen LogP contribution is -2.30. The number of carbonyl (C=O) groups is 1. The quantitative estimate of drug-likeness (QED) is 0.776. The van der Waals surface area contributed by atoms with Crippen LogP contribution in [0.3, 0.4) is 0 Å². The number of benzene rings is 2. The van der Waals surface area contributed by atoms with Crippen LogP contribution >= 0.6 is 34.8 Å². The molecule has 0 saturated carbocycles. The Hall–Kier alpha value is -1.50. The molecule has 0 aliphatic carbocycles. The molecule has 2 aromatic carbocycles. The lowest BCUT2D eigenvalue weighted by atomic mass is 10.1. The van der Waals surface area contributed by atoms with E-state index in [0.717, 1.165) is 16.9 Å². The SMILES string of the molecule is CN(CC(=O)Nc1ccc(Cl)c(Cl)c1)Cc1cc(Cl)cc2c1OCOC2. The minimum absolute atomic E-state index is 0.161. The van der Waals surface area contributed by atoms with Crippen LogP contribution in [0.15, 0.2) is 30.3 Å². The van der Waals surface area contributed by atoms with Crippen molar-refractivity contribution in [2.75, 3.05) is 25.7 Å². The fraction of sp³-hybridized carbons (Fsp3) is 0.278. The number of hydrogen-bond donors (Lipinski definition) is 1. The molecule has 1 heterocycles. The van der Waals surface area contributed by atoms with Crippen molar-refractivity contribution in [3.05, 3.63) is 56.5 Å².